The minimum Gasteiger partial charge on any atom is -0.392 e. The van der Waals surface area contributed by atoms with Gasteiger partial charge in [-0.1, -0.05) is 27.7 Å². The molecule has 4 heteroatoms. The van der Waals surface area contributed by atoms with Gasteiger partial charge in [0.15, 0.2) is 0 Å². The monoisotopic (exact) mass is 289 g/mol. The summed E-state index contributed by atoms with van der Waals surface area (Å²) in [5.41, 5.74) is 2.54. The first-order chi connectivity index (χ1) is 9.97. The van der Waals surface area contributed by atoms with Crippen molar-refractivity contribution >= 4 is 0 Å². The van der Waals surface area contributed by atoms with Gasteiger partial charge in [0.2, 0.25) is 0 Å². The Hall–Kier alpha value is -1.00. The van der Waals surface area contributed by atoms with Crippen molar-refractivity contribution in [2.24, 2.45) is 5.92 Å². The van der Waals surface area contributed by atoms with Crippen molar-refractivity contribution in [3.63, 3.8) is 0 Å². The van der Waals surface area contributed by atoms with Gasteiger partial charge in [0, 0.05) is 42.7 Å². The van der Waals surface area contributed by atoms with E-state index in [1.807, 2.05) is 6.20 Å². The fraction of sp³-hybridized carbons (Fsp3) is 0.765. The molecule has 3 rings (SSSR count). The van der Waals surface area contributed by atoms with E-state index in [4.69, 9.17) is 4.98 Å². The van der Waals surface area contributed by atoms with Crippen molar-refractivity contribution in [3.8, 4) is 0 Å². The van der Waals surface area contributed by atoms with E-state index in [9.17, 15) is 5.11 Å². The van der Waals surface area contributed by atoms with Crippen LogP contribution in [0.4, 0.5) is 0 Å². The number of aliphatic hydroxyl groups excluding tert-OH is 1. The molecule has 116 valence electrons. The largest absolute Gasteiger partial charge is 0.392 e. The predicted octanol–water partition coefficient (Wildman–Crippen LogP) is 2.68. The summed E-state index contributed by atoms with van der Waals surface area (Å²) in [6.07, 6.45) is 5.19. The van der Waals surface area contributed by atoms with E-state index in [0.29, 0.717) is 23.9 Å². The number of rotatable bonds is 4. The zero-order chi connectivity index (χ0) is 15.1. The normalized spacial score (nSPS) is 26.4. The molecule has 0 aliphatic carbocycles. The number of aliphatic hydroxyl groups is 1. The molecule has 0 spiro atoms. The lowest BCUT2D eigenvalue weighted by atomic mass is 9.97. The summed E-state index contributed by atoms with van der Waals surface area (Å²) in [6.45, 7) is 9.23. The van der Waals surface area contributed by atoms with E-state index < -0.39 is 0 Å². The number of aromatic nitrogens is 2. The summed E-state index contributed by atoms with van der Waals surface area (Å²) < 4.78 is 0. The van der Waals surface area contributed by atoms with Crippen LogP contribution in [-0.4, -0.2) is 38.7 Å². The van der Waals surface area contributed by atoms with Crippen molar-refractivity contribution in [1.82, 2.24) is 14.9 Å². The molecule has 1 N–H and O–H groups in total. The van der Waals surface area contributed by atoms with Gasteiger partial charge in [-0.25, -0.2) is 9.97 Å². The van der Waals surface area contributed by atoms with Crippen LogP contribution in [0.25, 0.3) is 0 Å². The Morgan fingerprint density at radius 3 is 2.71 bits per heavy atom. The highest BCUT2D eigenvalue weighted by molar-refractivity contribution is 5.29. The molecule has 21 heavy (non-hydrogen) atoms. The van der Waals surface area contributed by atoms with E-state index >= 15 is 0 Å². The SMILES string of the molecule is CC(C)c1ncc2c(n1)CC1CCC2N1CC(O)C(C)C. The van der Waals surface area contributed by atoms with Crippen LogP contribution in [0, 0.1) is 5.92 Å². The number of fused-ring (bicyclic) bond motifs is 4. The average molecular weight is 289 g/mol. The number of nitrogens with zero attached hydrogens (tertiary/aromatic N) is 3. The molecular weight excluding hydrogens is 262 g/mol. The molecule has 3 heterocycles. The highest BCUT2D eigenvalue weighted by Crippen LogP contribution is 2.43. The van der Waals surface area contributed by atoms with Gasteiger partial charge in [-0.15, -0.1) is 0 Å². The first-order valence-electron chi connectivity index (χ1n) is 8.27. The molecule has 4 nitrogen and oxygen atoms in total. The van der Waals surface area contributed by atoms with E-state index in [-0.39, 0.29) is 6.10 Å². The van der Waals surface area contributed by atoms with E-state index in [1.165, 1.54) is 24.1 Å². The molecule has 2 aliphatic rings. The Kier molecular flexibility index (Phi) is 4.02. The summed E-state index contributed by atoms with van der Waals surface area (Å²) in [4.78, 5) is 11.9. The van der Waals surface area contributed by atoms with E-state index in [2.05, 4.69) is 37.6 Å². The zero-order valence-electron chi connectivity index (χ0n) is 13.6. The van der Waals surface area contributed by atoms with Crippen LogP contribution >= 0.6 is 0 Å². The van der Waals surface area contributed by atoms with E-state index in [1.54, 1.807) is 0 Å². The maximum atomic E-state index is 10.2. The van der Waals surface area contributed by atoms with Crippen molar-refractivity contribution in [2.45, 2.75) is 71.1 Å². The molecule has 1 aromatic heterocycles. The first-order valence-corrected chi connectivity index (χ1v) is 8.27. The molecule has 3 unspecified atom stereocenters. The van der Waals surface area contributed by atoms with Crippen molar-refractivity contribution in [3.05, 3.63) is 23.3 Å². The van der Waals surface area contributed by atoms with Crippen LogP contribution in [0.15, 0.2) is 6.20 Å². The van der Waals surface area contributed by atoms with Crippen LogP contribution in [-0.2, 0) is 6.42 Å². The number of hydrogen-bond acceptors (Lipinski definition) is 4. The Balaban J connectivity index is 1.85. The highest BCUT2D eigenvalue weighted by atomic mass is 16.3. The molecule has 2 bridgehead atoms. The maximum Gasteiger partial charge on any atom is 0.131 e. The Morgan fingerprint density at radius 1 is 1.29 bits per heavy atom. The topological polar surface area (TPSA) is 49.2 Å². The quantitative estimate of drug-likeness (QED) is 0.926. The predicted molar refractivity (Wildman–Crippen MR) is 83.1 cm³/mol. The van der Waals surface area contributed by atoms with Gasteiger partial charge in [0.1, 0.15) is 5.82 Å². The summed E-state index contributed by atoms with van der Waals surface area (Å²) in [5, 5.41) is 10.2. The van der Waals surface area contributed by atoms with Crippen LogP contribution < -0.4 is 0 Å². The molecule has 1 fully saturated rings. The lowest BCUT2D eigenvalue weighted by Gasteiger charge is -2.37. The second-order valence-electron chi connectivity index (χ2n) is 7.24. The van der Waals surface area contributed by atoms with Gasteiger partial charge in [0.05, 0.1) is 11.8 Å². The molecule has 0 radical (unpaired) electrons. The summed E-state index contributed by atoms with van der Waals surface area (Å²) in [6, 6.07) is 0.958. The smallest absolute Gasteiger partial charge is 0.131 e. The van der Waals surface area contributed by atoms with Crippen molar-refractivity contribution in [2.75, 3.05) is 6.54 Å². The molecular formula is C17H27N3O. The van der Waals surface area contributed by atoms with Gasteiger partial charge in [-0.3, -0.25) is 4.90 Å². The second kappa shape index (κ2) is 5.65. The molecule has 3 atom stereocenters. The molecule has 0 aromatic carbocycles. The van der Waals surface area contributed by atoms with Gasteiger partial charge >= 0.3 is 0 Å². The molecule has 2 aliphatic heterocycles. The fourth-order valence-electron chi connectivity index (χ4n) is 3.58. The van der Waals surface area contributed by atoms with Gasteiger partial charge in [-0.05, 0) is 18.8 Å². The van der Waals surface area contributed by atoms with Gasteiger partial charge in [0.25, 0.3) is 0 Å². The minimum absolute atomic E-state index is 0.245. The van der Waals surface area contributed by atoms with Crippen LogP contribution in [0.3, 0.4) is 0 Å². The lowest BCUT2D eigenvalue weighted by Crippen LogP contribution is -2.43. The number of hydrogen-bond donors (Lipinski definition) is 1. The minimum atomic E-state index is -0.245. The second-order valence-corrected chi connectivity index (χ2v) is 7.24. The van der Waals surface area contributed by atoms with Crippen LogP contribution in [0.5, 0.6) is 0 Å². The van der Waals surface area contributed by atoms with Gasteiger partial charge < -0.3 is 5.11 Å². The third kappa shape index (κ3) is 2.71. The summed E-state index contributed by atoms with van der Waals surface area (Å²) >= 11 is 0. The first kappa shape index (κ1) is 14.9. The summed E-state index contributed by atoms with van der Waals surface area (Å²) in [5.74, 6) is 1.66. The molecule has 0 amide bonds. The van der Waals surface area contributed by atoms with Crippen molar-refractivity contribution < 1.29 is 5.11 Å². The maximum absolute atomic E-state index is 10.2. The molecule has 0 saturated carbocycles. The Bertz CT molecular complexity index is 515. The Morgan fingerprint density at radius 2 is 2.05 bits per heavy atom. The third-order valence-electron chi connectivity index (χ3n) is 5.03. The highest BCUT2D eigenvalue weighted by Gasteiger charge is 2.41. The average Bonchev–Trinajstić information content (AvgIpc) is 2.71. The van der Waals surface area contributed by atoms with Crippen molar-refractivity contribution in [1.29, 1.82) is 0 Å². The lowest BCUT2D eigenvalue weighted by molar-refractivity contribution is 0.0489. The standard InChI is InChI=1S/C17H27N3O/c1-10(2)16(21)9-20-12-5-6-15(20)13-8-18-17(11(3)4)19-14(13)7-12/h8,10-12,15-16,21H,5-7,9H2,1-4H3. The molecule has 1 saturated heterocycles. The zero-order valence-corrected chi connectivity index (χ0v) is 13.6. The van der Waals surface area contributed by atoms with Crippen LogP contribution in [0.2, 0.25) is 0 Å². The third-order valence-corrected chi connectivity index (χ3v) is 5.03. The fourth-order valence-corrected chi connectivity index (χ4v) is 3.58. The van der Waals surface area contributed by atoms with E-state index in [0.717, 1.165) is 18.8 Å². The molecule has 1 aromatic rings. The summed E-state index contributed by atoms with van der Waals surface area (Å²) in [7, 11) is 0. The van der Waals surface area contributed by atoms with Gasteiger partial charge in [-0.2, -0.15) is 0 Å². The Labute approximate surface area is 127 Å². The van der Waals surface area contributed by atoms with Crippen LogP contribution in [0.1, 0.15) is 69.6 Å².